The first-order chi connectivity index (χ1) is 37.1. The Morgan fingerprint density at radius 3 is 2.00 bits per heavy atom. The van der Waals surface area contributed by atoms with E-state index in [4.69, 9.17) is 54.2 Å². The molecule has 1 amide bonds. The molecule has 0 spiro atoms. The number of amides is 1. The smallest absolute Gasteiger partial charge is 0.387 e. The number of phosphoric ester groups is 3. The lowest BCUT2D eigenvalue weighted by atomic mass is 9.94. The highest BCUT2D eigenvalue weighted by atomic mass is 31.3. The SMILES string of the molecule is CNC(=O)C[C@@H]1[C@@H](COP(=O)(O)OP(=O)(O)OP(=O)(O)OC[C@H]2O[C@@H](n3cnc4c(N)ncnc43)[C@H](OC)[C@@H]2OP(=O)(O)OC[C@H]2O[C@@H](n3cnc4c(=O)[nH]c(N)nc43)[C@H](O)[C@@H]2O)OC([n+]2cn(C)c3c(=O)[nH]c(N)nc32)[C@@H]1O. The summed E-state index contributed by atoms with van der Waals surface area (Å²) >= 11 is 0. The van der Waals surface area contributed by atoms with Crippen LogP contribution in [0.4, 0.5) is 17.7 Å². The number of ether oxygens (including phenoxy) is 4. The average molecular weight is 1200 g/mol. The molecule has 9 heterocycles. The van der Waals surface area contributed by atoms with Crippen molar-refractivity contribution in [3.8, 4) is 0 Å². The zero-order valence-electron chi connectivity index (χ0n) is 40.6. The molecule has 16 atom stereocenters. The summed E-state index contributed by atoms with van der Waals surface area (Å²) < 4.78 is 110. The van der Waals surface area contributed by atoms with E-state index in [0.717, 1.165) is 30.7 Å². The number of aromatic amines is 2. The molecule has 9 rings (SSSR count). The molecule has 6 aromatic heterocycles. The number of phosphoric acid groups is 4. The normalized spacial score (nSPS) is 29.4. The van der Waals surface area contributed by atoms with Crippen LogP contribution in [0.2, 0.25) is 0 Å². The number of aliphatic hydroxyl groups excluding tert-OH is 3. The van der Waals surface area contributed by atoms with Crippen LogP contribution in [-0.2, 0) is 75.8 Å². The van der Waals surface area contributed by atoms with Crippen LogP contribution in [-0.4, -0.2) is 177 Å². The van der Waals surface area contributed by atoms with Gasteiger partial charge in [0.1, 0.15) is 54.6 Å². The number of carbonyl (C=O) groups is 1. The molecule has 3 aliphatic heterocycles. The summed E-state index contributed by atoms with van der Waals surface area (Å²) in [4.78, 5) is 109. The van der Waals surface area contributed by atoms with Crippen LogP contribution in [0.1, 0.15) is 25.1 Å². The van der Waals surface area contributed by atoms with Gasteiger partial charge in [0.15, 0.2) is 41.4 Å². The number of aliphatic hydroxyl groups is 3. The topological polar surface area (TPSA) is 571 Å². The molecular formula is C35H49N16O24P4+. The van der Waals surface area contributed by atoms with E-state index in [0.29, 0.717) is 0 Å². The molecule has 3 saturated heterocycles. The first-order valence-electron chi connectivity index (χ1n) is 22.6. The summed E-state index contributed by atoms with van der Waals surface area (Å²) in [5, 5.41) is 35.5. The molecule has 0 aliphatic carbocycles. The summed E-state index contributed by atoms with van der Waals surface area (Å²) in [5.74, 6) is -2.60. The molecule has 3 fully saturated rings. The van der Waals surface area contributed by atoms with Crippen LogP contribution in [0.25, 0.3) is 33.5 Å². The predicted octanol–water partition coefficient (Wildman–Crippen LogP) is -4.32. The fourth-order valence-corrected chi connectivity index (χ4v) is 13.4. The van der Waals surface area contributed by atoms with Crippen molar-refractivity contribution >= 4 is 88.4 Å². The number of nitrogens with one attached hydrogen (secondary N) is 3. The Bertz CT molecular complexity index is 3620. The predicted molar refractivity (Wildman–Crippen MR) is 255 cm³/mol. The fraction of sp³-hybridized carbons (Fsp3) is 0.543. The van der Waals surface area contributed by atoms with E-state index in [9.17, 15) is 67.5 Å². The number of hydrogen-bond acceptors (Lipinski definition) is 29. The summed E-state index contributed by atoms with van der Waals surface area (Å²) in [5.41, 5.74) is 15.5. The van der Waals surface area contributed by atoms with Gasteiger partial charge in [-0.05, 0) is 0 Å². The molecule has 16 N–H and O–H groups in total. The Balaban J connectivity index is 0.876. The van der Waals surface area contributed by atoms with Crippen molar-refractivity contribution in [1.82, 2.24) is 58.9 Å². The number of anilines is 3. The number of aryl methyl sites for hydroxylation is 1. The molecule has 44 heteroatoms. The van der Waals surface area contributed by atoms with Gasteiger partial charge in [0.25, 0.3) is 17.1 Å². The zero-order valence-corrected chi connectivity index (χ0v) is 44.2. The number of aromatic nitrogens is 12. The molecule has 432 valence electrons. The minimum Gasteiger partial charge on any atom is -0.387 e. The highest BCUT2D eigenvalue weighted by molar-refractivity contribution is 7.66. The number of fused-ring (bicyclic) bond motifs is 3. The summed E-state index contributed by atoms with van der Waals surface area (Å²) in [7, 11) is -19.7. The molecule has 0 bridgehead atoms. The minimum absolute atomic E-state index is 0.00371. The fourth-order valence-electron chi connectivity index (χ4n) is 8.94. The maximum Gasteiger partial charge on any atom is 0.490 e. The van der Waals surface area contributed by atoms with E-state index in [2.05, 4.69) is 53.8 Å². The van der Waals surface area contributed by atoms with Crippen LogP contribution in [0, 0.1) is 5.92 Å². The Kier molecular flexibility index (Phi) is 16.2. The maximum atomic E-state index is 13.7. The van der Waals surface area contributed by atoms with Gasteiger partial charge in [-0.3, -0.25) is 56.1 Å². The lowest BCUT2D eigenvalue weighted by Crippen LogP contribution is -2.45. The van der Waals surface area contributed by atoms with Gasteiger partial charge < -0.3 is 76.4 Å². The first-order valence-corrected chi connectivity index (χ1v) is 28.6. The number of carbonyl (C=O) groups excluding carboxylic acids is 1. The Morgan fingerprint density at radius 2 is 1.33 bits per heavy atom. The molecule has 5 unspecified atom stereocenters. The van der Waals surface area contributed by atoms with Crippen LogP contribution in [0.15, 0.2) is 34.9 Å². The number of H-pyrrole nitrogens is 2. The van der Waals surface area contributed by atoms with Gasteiger partial charge in [0.05, 0.1) is 45.6 Å². The van der Waals surface area contributed by atoms with E-state index >= 15 is 0 Å². The molecular weight excluding hydrogens is 1150 g/mol. The van der Waals surface area contributed by atoms with Crippen molar-refractivity contribution in [1.29, 1.82) is 0 Å². The van der Waals surface area contributed by atoms with Crippen LogP contribution < -0.4 is 38.2 Å². The van der Waals surface area contributed by atoms with Crippen molar-refractivity contribution in [2.24, 2.45) is 13.0 Å². The number of rotatable bonds is 21. The molecule has 3 aliphatic rings. The van der Waals surface area contributed by atoms with Gasteiger partial charge in [0.2, 0.25) is 23.6 Å². The standard InChI is InChI=1S/C35H48N16O24P4/c1-39-16(52)4-12-13(70-31(20(12)53)51-11-48(2)19-28(51)45-35(38)47-30(19)57)5-68-77(60,61)74-79(64,65)75-78(62,63)69-7-15-23(24(66-3)33(72-15)49-9-42-17-25(36)40-8-41-26(17)49)73-76(58,59)67-6-14-21(54)22(55)32(71-14)50-10-43-18-27(50)44-34(37)46-29(18)56/h8-15,20-24,31-33,53-55H,4-7H2,1-3H3,(H12-,36,37,38,39,40,41,44,45,46,47,52,56,57,58,59,60,61,62,63,64,65)/p+1/t12-,13-,14-,15-,20-,21-,22-,23-,24-,31?,32-,33-/m1/s1. The summed E-state index contributed by atoms with van der Waals surface area (Å²) in [6, 6.07) is 0. The number of imidazole rings is 3. The molecule has 0 saturated carbocycles. The highest BCUT2D eigenvalue weighted by Gasteiger charge is 2.54. The van der Waals surface area contributed by atoms with Crippen molar-refractivity contribution in [3.05, 3.63) is 46.0 Å². The van der Waals surface area contributed by atoms with Gasteiger partial charge in [0, 0.05) is 26.5 Å². The van der Waals surface area contributed by atoms with Crippen LogP contribution >= 0.6 is 31.3 Å². The van der Waals surface area contributed by atoms with E-state index < -0.39 is 148 Å². The lowest BCUT2D eigenvalue weighted by Gasteiger charge is -2.26. The average Bonchev–Trinajstić information content (AvgIpc) is 4.35. The largest absolute Gasteiger partial charge is 0.490 e. The minimum atomic E-state index is -6.23. The van der Waals surface area contributed by atoms with E-state index in [1.165, 1.54) is 34.1 Å². The van der Waals surface area contributed by atoms with Crippen LogP contribution in [0.3, 0.4) is 0 Å². The molecule has 0 radical (unpaired) electrons. The number of nitrogens with zero attached hydrogens (tertiary/aromatic N) is 10. The molecule has 0 aromatic carbocycles. The van der Waals surface area contributed by atoms with Crippen molar-refractivity contribution in [2.45, 2.75) is 73.9 Å². The van der Waals surface area contributed by atoms with E-state index in [1.54, 1.807) is 0 Å². The van der Waals surface area contributed by atoms with Crippen LogP contribution in [0.5, 0.6) is 0 Å². The number of methoxy groups -OCH3 is 1. The van der Waals surface area contributed by atoms with Gasteiger partial charge in [-0.15, -0.1) is 0 Å². The van der Waals surface area contributed by atoms with Gasteiger partial charge in [-0.1, -0.05) is 4.98 Å². The quantitative estimate of drug-likeness (QED) is 0.0239. The Hall–Kier alpha value is -5.64. The first kappa shape index (κ1) is 58.0. The van der Waals surface area contributed by atoms with E-state index in [-0.39, 0.29) is 51.2 Å². The van der Waals surface area contributed by atoms with E-state index in [1.807, 2.05) is 0 Å². The van der Waals surface area contributed by atoms with Gasteiger partial charge in [-0.2, -0.15) is 13.6 Å². The van der Waals surface area contributed by atoms with Gasteiger partial charge in [-0.25, -0.2) is 42.8 Å². The number of nitrogen functional groups attached to an aromatic ring is 3. The second-order valence-corrected chi connectivity index (χ2v) is 23.6. The van der Waals surface area contributed by atoms with Crippen molar-refractivity contribution < 1.29 is 108 Å². The summed E-state index contributed by atoms with van der Waals surface area (Å²) in [6.07, 6.45) is -14.0. The van der Waals surface area contributed by atoms with Gasteiger partial charge >= 0.3 is 36.9 Å². The second kappa shape index (κ2) is 22.0. The number of nitrogens with two attached hydrogens (primary N) is 3. The zero-order chi connectivity index (χ0) is 57.3. The Morgan fingerprint density at radius 1 is 0.734 bits per heavy atom. The number of hydrogen-bond donors (Lipinski definition) is 13. The highest BCUT2D eigenvalue weighted by Crippen LogP contribution is 2.68. The van der Waals surface area contributed by atoms with Crippen molar-refractivity contribution in [2.75, 3.05) is 51.2 Å². The molecule has 40 nitrogen and oxygen atoms in total. The molecule has 79 heavy (non-hydrogen) atoms. The van der Waals surface area contributed by atoms with Crippen molar-refractivity contribution in [3.63, 3.8) is 0 Å². The third-order valence-electron chi connectivity index (χ3n) is 12.4. The lowest BCUT2D eigenvalue weighted by molar-refractivity contribution is -0.745. The third kappa shape index (κ3) is 11.9. The molecule has 6 aromatic rings. The second-order valence-electron chi connectivity index (χ2n) is 17.5. The summed E-state index contributed by atoms with van der Waals surface area (Å²) in [6.45, 7) is -3.33. The Labute approximate surface area is 438 Å². The third-order valence-corrected chi connectivity index (χ3v) is 17.7. The monoisotopic (exact) mass is 1200 g/mol. The maximum absolute atomic E-state index is 13.7.